The summed E-state index contributed by atoms with van der Waals surface area (Å²) in [6, 6.07) is 7.53. The summed E-state index contributed by atoms with van der Waals surface area (Å²) in [5.41, 5.74) is 3.81. The molecule has 23 heavy (non-hydrogen) atoms. The highest BCUT2D eigenvalue weighted by Crippen LogP contribution is 2.20. The SMILES string of the molecule is Cc1nn(-c2ccc(Cl)cc2)c(C)c1CC(=O)NCC1CNC1. The predicted octanol–water partition coefficient (Wildman–Crippen LogP) is 2.02. The van der Waals surface area contributed by atoms with E-state index < -0.39 is 0 Å². The standard InChI is InChI=1S/C17H21ClN4O/c1-11-16(7-17(23)20-10-13-8-19-9-13)12(2)22(21-11)15-5-3-14(18)4-6-15/h3-6,13,19H,7-10H2,1-2H3,(H,20,23). The van der Waals surface area contributed by atoms with Crippen molar-refractivity contribution >= 4 is 17.5 Å². The second-order valence-corrected chi connectivity index (χ2v) is 6.48. The summed E-state index contributed by atoms with van der Waals surface area (Å²) in [5.74, 6) is 0.622. The second-order valence-electron chi connectivity index (χ2n) is 6.04. The lowest BCUT2D eigenvalue weighted by Gasteiger charge is -2.27. The van der Waals surface area contributed by atoms with Crippen molar-refractivity contribution in [2.45, 2.75) is 20.3 Å². The molecule has 5 nitrogen and oxygen atoms in total. The van der Waals surface area contributed by atoms with Gasteiger partial charge < -0.3 is 10.6 Å². The molecular weight excluding hydrogens is 312 g/mol. The summed E-state index contributed by atoms with van der Waals surface area (Å²) in [6.07, 6.45) is 0.366. The van der Waals surface area contributed by atoms with Gasteiger partial charge in [-0.1, -0.05) is 11.6 Å². The molecule has 2 aromatic rings. The molecule has 0 saturated carbocycles. The van der Waals surface area contributed by atoms with Crippen LogP contribution in [0, 0.1) is 19.8 Å². The van der Waals surface area contributed by atoms with Crippen molar-refractivity contribution in [1.82, 2.24) is 20.4 Å². The summed E-state index contributed by atoms with van der Waals surface area (Å²) >= 11 is 5.93. The van der Waals surface area contributed by atoms with Gasteiger partial charge in [-0.15, -0.1) is 0 Å². The van der Waals surface area contributed by atoms with Crippen LogP contribution in [-0.4, -0.2) is 35.3 Å². The molecule has 1 aliphatic rings. The number of rotatable bonds is 5. The normalized spacial score (nSPS) is 14.6. The number of hydrogen-bond acceptors (Lipinski definition) is 3. The zero-order chi connectivity index (χ0) is 16.4. The Kier molecular flexibility index (Phi) is 4.68. The molecule has 0 bridgehead atoms. The Morgan fingerprint density at radius 3 is 2.65 bits per heavy atom. The second kappa shape index (κ2) is 6.72. The summed E-state index contributed by atoms with van der Waals surface area (Å²) in [6.45, 7) is 6.67. The Hall–Kier alpha value is -1.85. The highest BCUT2D eigenvalue weighted by Gasteiger charge is 2.19. The van der Waals surface area contributed by atoms with Crippen LogP contribution in [0.15, 0.2) is 24.3 Å². The van der Waals surface area contributed by atoms with Crippen molar-refractivity contribution in [2.24, 2.45) is 5.92 Å². The van der Waals surface area contributed by atoms with E-state index in [0.717, 1.165) is 42.3 Å². The third-order valence-electron chi connectivity index (χ3n) is 4.30. The molecule has 122 valence electrons. The van der Waals surface area contributed by atoms with Crippen molar-refractivity contribution in [3.8, 4) is 5.69 Å². The third kappa shape index (κ3) is 3.57. The van der Waals surface area contributed by atoms with Gasteiger partial charge in [-0.25, -0.2) is 4.68 Å². The lowest BCUT2D eigenvalue weighted by atomic mass is 10.0. The topological polar surface area (TPSA) is 59.0 Å². The first kappa shape index (κ1) is 16.0. The van der Waals surface area contributed by atoms with Crippen LogP contribution in [0.1, 0.15) is 17.0 Å². The largest absolute Gasteiger partial charge is 0.355 e. The number of aromatic nitrogens is 2. The maximum absolute atomic E-state index is 12.2. The number of aryl methyl sites for hydroxylation is 1. The van der Waals surface area contributed by atoms with Crippen LogP contribution < -0.4 is 10.6 Å². The third-order valence-corrected chi connectivity index (χ3v) is 4.56. The van der Waals surface area contributed by atoms with Crippen LogP contribution in [0.4, 0.5) is 0 Å². The van der Waals surface area contributed by atoms with E-state index in [9.17, 15) is 4.79 Å². The van der Waals surface area contributed by atoms with Crippen molar-refractivity contribution in [2.75, 3.05) is 19.6 Å². The fraction of sp³-hybridized carbons (Fsp3) is 0.412. The quantitative estimate of drug-likeness (QED) is 0.880. The number of benzene rings is 1. The monoisotopic (exact) mass is 332 g/mol. The first-order valence-corrected chi connectivity index (χ1v) is 8.21. The minimum absolute atomic E-state index is 0.0544. The maximum Gasteiger partial charge on any atom is 0.224 e. The van der Waals surface area contributed by atoms with Crippen molar-refractivity contribution in [3.05, 3.63) is 46.2 Å². The smallest absolute Gasteiger partial charge is 0.224 e. The average Bonchev–Trinajstić information content (AvgIpc) is 2.75. The molecule has 1 aromatic carbocycles. The number of carbonyl (C=O) groups excluding carboxylic acids is 1. The van der Waals surface area contributed by atoms with E-state index in [1.807, 2.05) is 42.8 Å². The summed E-state index contributed by atoms with van der Waals surface area (Å²) in [5, 5.41) is 11.5. The van der Waals surface area contributed by atoms with Gasteiger partial charge in [0.2, 0.25) is 5.91 Å². The van der Waals surface area contributed by atoms with Crippen LogP contribution >= 0.6 is 11.6 Å². The number of hydrogen-bond donors (Lipinski definition) is 2. The van der Waals surface area contributed by atoms with Crippen LogP contribution in [0.25, 0.3) is 5.69 Å². The van der Waals surface area contributed by atoms with Crippen molar-refractivity contribution in [1.29, 1.82) is 0 Å². The molecule has 2 N–H and O–H groups in total. The Morgan fingerprint density at radius 1 is 1.35 bits per heavy atom. The van der Waals surface area contributed by atoms with E-state index in [2.05, 4.69) is 15.7 Å². The van der Waals surface area contributed by atoms with Gasteiger partial charge >= 0.3 is 0 Å². The van der Waals surface area contributed by atoms with Crippen LogP contribution in [-0.2, 0) is 11.2 Å². The Morgan fingerprint density at radius 2 is 2.04 bits per heavy atom. The number of carbonyl (C=O) groups is 1. The van der Waals surface area contributed by atoms with E-state index in [4.69, 9.17) is 11.6 Å². The van der Waals surface area contributed by atoms with Crippen LogP contribution in [0.3, 0.4) is 0 Å². The van der Waals surface area contributed by atoms with Gasteiger partial charge in [-0.2, -0.15) is 5.10 Å². The Labute approximate surface area is 141 Å². The fourth-order valence-electron chi connectivity index (χ4n) is 2.74. The minimum atomic E-state index is 0.0544. The van der Waals surface area contributed by atoms with Gasteiger partial charge in [0.15, 0.2) is 0 Å². The lowest BCUT2D eigenvalue weighted by molar-refractivity contribution is -0.120. The molecule has 6 heteroatoms. The molecule has 1 aromatic heterocycles. The highest BCUT2D eigenvalue weighted by atomic mass is 35.5. The molecule has 0 spiro atoms. The zero-order valence-electron chi connectivity index (χ0n) is 13.4. The molecule has 0 aliphatic carbocycles. The summed E-state index contributed by atoms with van der Waals surface area (Å²) in [4.78, 5) is 12.2. The van der Waals surface area contributed by atoms with Gasteiger partial charge in [0.05, 0.1) is 17.8 Å². The average molecular weight is 333 g/mol. The minimum Gasteiger partial charge on any atom is -0.355 e. The highest BCUT2D eigenvalue weighted by molar-refractivity contribution is 6.30. The molecule has 0 atom stereocenters. The molecule has 1 fully saturated rings. The van der Waals surface area contributed by atoms with Crippen molar-refractivity contribution in [3.63, 3.8) is 0 Å². The number of halogens is 1. The number of nitrogens with zero attached hydrogens (tertiary/aromatic N) is 2. The molecule has 0 radical (unpaired) electrons. The molecule has 1 aliphatic heterocycles. The number of amides is 1. The molecule has 2 heterocycles. The zero-order valence-corrected chi connectivity index (χ0v) is 14.2. The number of nitrogens with one attached hydrogen (secondary N) is 2. The molecule has 3 rings (SSSR count). The van der Waals surface area contributed by atoms with Gasteiger partial charge in [-0.3, -0.25) is 4.79 Å². The summed E-state index contributed by atoms with van der Waals surface area (Å²) < 4.78 is 1.87. The molecule has 1 saturated heterocycles. The maximum atomic E-state index is 12.2. The Balaban J connectivity index is 1.72. The van der Waals surface area contributed by atoms with Gasteiger partial charge in [-0.05, 0) is 38.1 Å². The lowest BCUT2D eigenvalue weighted by Crippen LogP contribution is -2.48. The van der Waals surface area contributed by atoms with E-state index in [0.29, 0.717) is 17.4 Å². The van der Waals surface area contributed by atoms with E-state index in [1.165, 1.54) is 0 Å². The van der Waals surface area contributed by atoms with Gasteiger partial charge in [0.25, 0.3) is 0 Å². The van der Waals surface area contributed by atoms with Crippen LogP contribution in [0.2, 0.25) is 5.02 Å². The van der Waals surface area contributed by atoms with Crippen molar-refractivity contribution < 1.29 is 4.79 Å². The molecule has 0 unspecified atom stereocenters. The van der Waals surface area contributed by atoms with Gasteiger partial charge in [0.1, 0.15) is 0 Å². The molecular formula is C17H21ClN4O. The van der Waals surface area contributed by atoms with E-state index >= 15 is 0 Å². The van der Waals surface area contributed by atoms with Gasteiger partial charge in [0, 0.05) is 41.8 Å². The summed E-state index contributed by atoms with van der Waals surface area (Å²) in [7, 11) is 0. The van der Waals surface area contributed by atoms with E-state index in [1.54, 1.807) is 0 Å². The first-order valence-electron chi connectivity index (χ1n) is 7.83. The first-order chi connectivity index (χ1) is 11.0. The van der Waals surface area contributed by atoms with E-state index in [-0.39, 0.29) is 5.91 Å². The predicted molar refractivity (Wildman–Crippen MR) is 91.1 cm³/mol. The molecule has 1 amide bonds. The Bertz CT molecular complexity index is 704. The fourth-order valence-corrected chi connectivity index (χ4v) is 2.86. The van der Waals surface area contributed by atoms with Crippen LogP contribution in [0.5, 0.6) is 0 Å².